The van der Waals surface area contributed by atoms with Crippen molar-refractivity contribution < 1.29 is 4.79 Å². The molecule has 0 amide bonds. The van der Waals surface area contributed by atoms with E-state index in [9.17, 15) is 4.79 Å². The molecule has 0 atom stereocenters. The van der Waals surface area contributed by atoms with Gasteiger partial charge in [0.05, 0.1) is 12.1 Å². The van der Waals surface area contributed by atoms with Crippen LogP contribution < -0.4 is 10.6 Å². The molecule has 2 N–H and O–H groups in total. The monoisotopic (exact) mass is 364 g/mol. The molecule has 5 nitrogen and oxygen atoms in total. The number of carbonyl (C=O) groups is 1. The van der Waals surface area contributed by atoms with Crippen LogP contribution in [0.15, 0.2) is 36.7 Å². The van der Waals surface area contributed by atoms with Gasteiger partial charge in [0.1, 0.15) is 5.82 Å². The molecule has 1 aromatic heterocycles. The van der Waals surface area contributed by atoms with Crippen LogP contribution in [-0.4, -0.2) is 35.4 Å². The van der Waals surface area contributed by atoms with Crippen molar-refractivity contribution in [1.29, 1.82) is 0 Å². The molecule has 27 heavy (non-hydrogen) atoms. The average molecular weight is 364 g/mol. The van der Waals surface area contributed by atoms with Gasteiger partial charge in [0.2, 0.25) is 0 Å². The molecule has 1 saturated heterocycles. The van der Waals surface area contributed by atoms with Crippen LogP contribution in [0.3, 0.4) is 0 Å². The maximum Gasteiger partial charge on any atom is 0.179 e. The lowest BCUT2D eigenvalue weighted by atomic mass is 9.62. The van der Waals surface area contributed by atoms with Crippen LogP contribution in [0.1, 0.15) is 60.3 Å². The summed E-state index contributed by atoms with van der Waals surface area (Å²) in [6.45, 7) is 2.34. The van der Waals surface area contributed by atoms with Gasteiger partial charge in [-0.05, 0) is 49.8 Å². The average Bonchev–Trinajstić information content (AvgIpc) is 2.71. The van der Waals surface area contributed by atoms with Gasteiger partial charge in [-0.1, -0.05) is 18.6 Å². The summed E-state index contributed by atoms with van der Waals surface area (Å²) in [6, 6.07) is 9.17. The summed E-state index contributed by atoms with van der Waals surface area (Å²) in [5.74, 6) is 0.691. The van der Waals surface area contributed by atoms with E-state index in [0.717, 1.165) is 12.2 Å². The number of aromatic nitrogens is 2. The molecule has 0 bridgehead atoms. The number of anilines is 1. The van der Waals surface area contributed by atoms with E-state index in [0.29, 0.717) is 5.56 Å². The number of nitrogens with zero attached hydrogens (tertiary/aromatic N) is 3. The number of piperidine rings is 1. The van der Waals surface area contributed by atoms with E-state index in [4.69, 9.17) is 5.73 Å². The maximum atomic E-state index is 11.7. The van der Waals surface area contributed by atoms with Crippen LogP contribution in [0, 0.1) is 0 Å². The van der Waals surface area contributed by atoms with E-state index in [1.54, 1.807) is 12.4 Å². The fraction of sp³-hybridized carbons (Fsp3) is 0.500. The largest absolute Gasteiger partial charge is 0.372 e. The van der Waals surface area contributed by atoms with Crippen molar-refractivity contribution in [1.82, 2.24) is 9.97 Å². The summed E-state index contributed by atoms with van der Waals surface area (Å²) in [4.78, 5) is 23.0. The lowest BCUT2D eigenvalue weighted by molar-refractivity contribution is 0.100. The molecule has 2 aromatic rings. The van der Waals surface area contributed by atoms with Crippen molar-refractivity contribution in [3.05, 3.63) is 53.6 Å². The van der Waals surface area contributed by atoms with E-state index in [-0.39, 0.29) is 17.7 Å². The molecule has 1 aliphatic heterocycles. The number of Topliss-reactive ketones (excluding diaryl/α,β-unsaturated/α-hetero) is 1. The zero-order valence-corrected chi connectivity index (χ0v) is 15.9. The fourth-order valence-electron chi connectivity index (χ4n) is 4.36. The van der Waals surface area contributed by atoms with Crippen molar-refractivity contribution in [2.45, 2.75) is 50.4 Å². The summed E-state index contributed by atoms with van der Waals surface area (Å²) in [7, 11) is 0. The van der Waals surface area contributed by atoms with Crippen molar-refractivity contribution in [2.24, 2.45) is 5.73 Å². The molecule has 2 heterocycles. The lowest BCUT2D eigenvalue weighted by Gasteiger charge is -2.42. The topological polar surface area (TPSA) is 72.1 Å². The molecule has 0 spiro atoms. The van der Waals surface area contributed by atoms with E-state index in [1.807, 2.05) is 0 Å². The summed E-state index contributed by atoms with van der Waals surface area (Å²) >= 11 is 0. The van der Waals surface area contributed by atoms with Crippen molar-refractivity contribution >= 4 is 11.5 Å². The number of carbonyl (C=O) groups excluding carboxylic acids is 1. The maximum absolute atomic E-state index is 11.7. The van der Waals surface area contributed by atoms with Gasteiger partial charge < -0.3 is 10.6 Å². The molecule has 0 radical (unpaired) electrons. The minimum atomic E-state index is -0.117. The fourth-order valence-corrected chi connectivity index (χ4v) is 4.36. The number of benzene rings is 1. The normalized spacial score (nSPS) is 18.8. The molecule has 1 aromatic carbocycles. The Labute approximate surface area is 161 Å². The van der Waals surface area contributed by atoms with Crippen molar-refractivity contribution in [2.75, 3.05) is 24.5 Å². The SMILES string of the molecule is NCC(=O)c1cnc(CC2(c3ccc(N4CCCCC4)cc3)CCC2)nc1. The summed E-state index contributed by atoms with van der Waals surface area (Å²) < 4.78 is 0. The number of rotatable bonds is 6. The highest BCUT2D eigenvalue weighted by Crippen LogP contribution is 2.46. The Hall–Kier alpha value is -2.27. The predicted molar refractivity (Wildman–Crippen MR) is 107 cm³/mol. The summed E-state index contributed by atoms with van der Waals surface area (Å²) in [6.07, 6.45) is 11.6. The highest BCUT2D eigenvalue weighted by molar-refractivity contribution is 5.96. The van der Waals surface area contributed by atoms with E-state index in [2.05, 4.69) is 39.1 Å². The van der Waals surface area contributed by atoms with Gasteiger partial charge >= 0.3 is 0 Å². The first kappa shape index (κ1) is 18.1. The second-order valence-corrected chi connectivity index (χ2v) is 7.92. The van der Waals surface area contributed by atoms with Gasteiger partial charge in [0, 0.05) is 43.0 Å². The molecule has 1 saturated carbocycles. The number of hydrogen-bond donors (Lipinski definition) is 1. The smallest absolute Gasteiger partial charge is 0.179 e. The first-order chi connectivity index (χ1) is 13.2. The quantitative estimate of drug-likeness (QED) is 0.797. The minimum Gasteiger partial charge on any atom is -0.372 e. The second kappa shape index (κ2) is 7.77. The van der Waals surface area contributed by atoms with Crippen molar-refractivity contribution in [3.63, 3.8) is 0 Å². The van der Waals surface area contributed by atoms with Gasteiger partial charge in [-0.2, -0.15) is 0 Å². The summed E-state index contributed by atoms with van der Waals surface area (Å²) in [5, 5.41) is 0. The molecule has 142 valence electrons. The molecular weight excluding hydrogens is 336 g/mol. The highest BCUT2D eigenvalue weighted by atomic mass is 16.1. The standard InChI is InChI=1S/C22H28N4O/c23-14-20(27)17-15-24-21(25-16-17)13-22(9-4-10-22)18-5-7-19(8-6-18)26-11-2-1-3-12-26/h5-8,15-16H,1-4,9-14,23H2. The zero-order valence-electron chi connectivity index (χ0n) is 15.9. The molecule has 5 heteroatoms. The van der Waals surface area contributed by atoms with E-state index in [1.165, 1.54) is 62.9 Å². The number of ketones is 1. The Morgan fingerprint density at radius 1 is 1.00 bits per heavy atom. The Bertz CT molecular complexity index is 775. The van der Waals surface area contributed by atoms with Gasteiger partial charge in [-0.15, -0.1) is 0 Å². The van der Waals surface area contributed by atoms with Crippen LogP contribution in [0.2, 0.25) is 0 Å². The molecule has 4 rings (SSSR count). The Morgan fingerprint density at radius 2 is 1.67 bits per heavy atom. The molecule has 0 unspecified atom stereocenters. The first-order valence-corrected chi connectivity index (χ1v) is 10.1. The minimum absolute atomic E-state index is 0.00396. The van der Waals surface area contributed by atoms with Gasteiger partial charge in [0.25, 0.3) is 0 Å². The van der Waals surface area contributed by atoms with Crippen LogP contribution in [0.25, 0.3) is 0 Å². The van der Waals surface area contributed by atoms with Crippen LogP contribution >= 0.6 is 0 Å². The van der Waals surface area contributed by atoms with Gasteiger partial charge in [-0.25, -0.2) is 9.97 Å². The van der Waals surface area contributed by atoms with E-state index >= 15 is 0 Å². The molecular formula is C22H28N4O. The van der Waals surface area contributed by atoms with Gasteiger partial charge in [-0.3, -0.25) is 4.79 Å². The third kappa shape index (κ3) is 3.74. The predicted octanol–water partition coefficient (Wildman–Crippen LogP) is 3.27. The molecule has 2 fully saturated rings. The van der Waals surface area contributed by atoms with Crippen LogP contribution in [-0.2, 0) is 11.8 Å². The Balaban J connectivity index is 1.49. The zero-order chi connectivity index (χ0) is 18.7. The van der Waals surface area contributed by atoms with Crippen LogP contribution in [0.5, 0.6) is 0 Å². The van der Waals surface area contributed by atoms with E-state index < -0.39 is 0 Å². The van der Waals surface area contributed by atoms with Gasteiger partial charge in [0.15, 0.2) is 5.78 Å². The first-order valence-electron chi connectivity index (χ1n) is 10.1. The molecule has 2 aliphatic rings. The van der Waals surface area contributed by atoms with Crippen LogP contribution in [0.4, 0.5) is 5.69 Å². The number of hydrogen-bond acceptors (Lipinski definition) is 5. The second-order valence-electron chi connectivity index (χ2n) is 7.92. The molecule has 1 aliphatic carbocycles. The third-order valence-corrected chi connectivity index (χ3v) is 6.22. The van der Waals surface area contributed by atoms with Crippen molar-refractivity contribution in [3.8, 4) is 0 Å². The lowest BCUT2D eigenvalue weighted by Crippen LogP contribution is -2.37. The highest BCUT2D eigenvalue weighted by Gasteiger charge is 2.39. The number of nitrogens with two attached hydrogens (primary N) is 1. The summed E-state index contributed by atoms with van der Waals surface area (Å²) in [5.41, 5.74) is 8.77. The third-order valence-electron chi connectivity index (χ3n) is 6.22. The Morgan fingerprint density at radius 3 is 2.22 bits per heavy atom. The Kier molecular flexibility index (Phi) is 5.21.